The molecule has 0 fully saturated rings. The van der Waals surface area contributed by atoms with Crippen LogP contribution in [0.2, 0.25) is 5.02 Å². The van der Waals surface area contributed by atoms with Crippen molar-refractivity contribution in [3.05, 3.63) is 63.9 Å². The first-order valence-corrected chi connectivity index (χ1v) is 8.92. The van der Waals surface area contributed by atoms with Crippen LogP contribution in [0.5, 0.6) is 0 Å². The molecule has 0 aliphatic rings. The topological polar surface area (TPSA) is 62.6 Å². The van der Waals surface area contributed by atoms with E-state index in [0.29, 0.717) is 16.3 Å². The maximum absolute atomic E-state index is 12.5. The quantitative estimate of drug-likeness (QED) is 0.715. The number of hydrogen-bond acceptors (Lipinski definition) is 3. The molecule has 6 heteroatoms. The molecule has 0 aliphatic heterocycles. The number of benzene rings is 2. The molecule has 0 saturated heterocycles. The Morgan fingerprint density at radius 3 is 2.52 bits per heavy atom. The molecule has 0 bridgehead atoms. The van der Waals surface area contributed by atoms with E-state index in [0.717, 1.165) is 27.7 Å². The molecule has 0 radical (unpaired) electrons. The number of furan rings is 1. The molecular formula is C21H21ClN2O3. The van der Waals surface area contributed by atoms with Gasteiger partial charge >= 0.3 is 0 Å². The number of carbonyl (C=O) groups is 2. The second-order valence-electron chi connectivity index (χ2n) is 6.81. The van der Waals surface area contributed by atoms with E-state index in [1.807, 2.05) is 26.0 Å². The molecule has 3 aromatic rings. The van der Waals surface area contributed by atoms with Gasteiger partial charge in [-0.15, -0.1) is 0 Å². The average Bonchev–Trinajstić information content (AvgIpc) is 2.98. The summed E-state index contributed by atoms with van der Waals surface area (Å²) in [6, 6.07) is 8.88. The Hall–Kier alpha value is -2.79. The van der Waals surface area contributed by atoms with Crippen molar-refractivity contribution >= 4 is 40.1 Å². The maximum atomic E-state index is 12.5. The average molecular weight is 385 g/mol. The summed E-state index contributed by atoms with van der Waals surface area (Å²) in [4.78, 5) is 26.1. The molecule has 5 nitrogen and oxygen atoms in total. The second kappa shape index (κ2) is 7.45. The molecule has 0 aliphatic carbocycles. The van der Waals surface area contributed by atoms with Gasteiger partial charge in [-0.2, -0.15) is 0 Å². The van der Waals surface area contributed by atoms with E-state index >= 15 is 0 Å². The lowest BCUT2D eigenvalue weighted by atomic mass is 10.0. The highest BCUT2D eigenvalue weighted by molar-refractivity contribution is 6.34. The number of anilines is 1. The molecule has 2 aromatic carbocycles. The van der Waals surface area contributed by atoms with Crippen LogP contribution in [0.1, 0.15) is 27.0 Å². The predicted octanol–water partition coefficient (Wildman–Crippen LogP) is 4.59. The van der Waals surface area contributed by atoms with Gasteiger partial charge in [-0.3, -0.25) is 9.59 Å². The molecular weight excluding hydrogens is 364 g/mol. The summed E-state index contributed by atoms with van der Waals surface area (Å²) in [6.45, 7) is 4.05. The van der Waals surface area contributed by atoms with Gasteiger partial charge in [0.25, 0.3) is 5.91 Å². The Kier molecular flexibility index (Phi) is 5.24. The Labute approximate surface area is 162 Å². The van der Waals surface area contributed by atoms with Crippen LogP contribution in [-0.2, 0) is 11.2 Å². The van der Waals surface area contributed by atoms with E-state index in [1.165, 1.54) is 4.90 Å². The summed E-state index contributed by atoms with van der Waals surface area (Å²) in [5.41, 5.74) is 4.76. The fourth-order valence-electron chi connectivity index (χ4n) is 2.86. The Bertz CT molecular complexity index is 1040. The number of nitrogens with one attached hydrogen (secondary N) is 1. The third-order valence-electron chi connectivity index (χ3n) is 4.51. The number of aryl methyl sites for hydroxylation is 2. The molecule has 1 N–H and O–H groups in total. The summed E-state index contributed by atoms with van der Waals surface area (Å²) in [7, 11) is 3.30. The van der Waals surface area contributed by atoms with Crippen molar-refractivity contribution in [3.63, 3.8) is 0 Å². The Balaban J connectivity index is 1.80. The Morgan fingerprint density at radius 2 is 1.81 bits per heavy atom. The molecule has 1 aromatic heterocycles. The number of hydrogen-bond donors (Lipinski definition) is 1. The highest BCUT2D eigenvalue weighted by Crippen LogP contribution is 2.26. The molecule has 1 heterocycles. The standard InChI is InChI=1S/C21H21ClN2O3/c1-12-7-16-14(11-27-19(16)8-13(12)2)9-20(25)23-15-5-6-18(22)17(10-15)21(26)24(3)4/h5-8,10-11H,9H2,1-4H3,(H,23,25). The number of halogens is 1. The van der Waals surface area contributed by atoms with Crippen molar-refractivity contribution in [2.45, 2.75) is 20.3 Å². The summed E-state index contributed by atoms with van der Waals surface area (Å²) in [5, 5.41) is 4.11. The van der Waals surface area contributed by atoms with E-state index in [9.17, 15) is 9.59 Å². The van der Waals surface area contributed by atoms with Crippen molar-refractivity contribution in [1.29, 1.82) is 0 Å². The number of amides is 2. The number of rotatable bonds is 4. The van der Waals surface area contributed by atoms with Crippen LogP contribution < -0.4 is 5.32 Å². The van der Waals surface area contributed by atoms with E-state index in [2.05, 4.69) is 5.32 Å². The van der Waals surface area contributed by atoms with Gasteiger partial charge in [0.1, 0.15) is 5.58 Å². The van der Waals surface area contributed by atoms with E-state index < -0.39 is 0 Å². The van der Waals surface area contributed by atoms with Gasteiger partial charge in [0.2, 0.25) is 5.91 Å². The van der Waals surface area contributed by atoms with Crippen molar-refractivity contribution < 1.29 is 14.0 Å². The second-order valence-corrected chi connectivity index (χ2v) is 7.22. The fourth-order valence-corrected chi connectivity index (χ4v) is 3.06. The first-order valence-electron chi connectivity index (χ1n) is 8.54. The molecule has 140 valence electrons. The maximum Gasteiger partial charge on any atom is 0.254 e. The highest BCUT2D eigenvalue weighted by atomic mass is 35.5. The van der Waals surface area contributed by atoms with Gasteiger partial charge in [-0.05, 0) is 55.3 Å². The molecule has 3 rings (SSSR count). The molecule has 0 saturated carbocycles. The van der Waals surface area contributed by atoms with E-state index in [-0.39, 0.29) is 18.2 Å². The largest absolute Gasteiger partial charge is 0.464 e. The van der Waals surface area contributed by atoms with Crippen molar-refractivity contribution in [2.75, 3.05) is 19.4 Å². The SMILES string of the molecule is Cc1cc2occ(CC(=O)Nc3ccc(Cl)c(C(=O)N(C)C)c3)c2cc1C. The third-order valence-corrected chi connectivity index (χ3v) is 4.84. The molecule has 0 spiro atoms. The minimum absolute atomic E-state index is 0.176. The number of fused-ring (bicyclic) bond motifs is 1. The van der Waals surface area contributed by atoms with Gasteiger partial charge in [0.15, 0.2) is 0 Å². The van der Waals surface area contributed by atoms with Gasteiger partial charge in [-0.25, -0.2) is 0 Å². The summed E-state index contributed by atoms with van der Waals surface area (Å²) in [5.74, 6) is -0.413. The molecule has 27 heavy (non-hydrogen) atoms. The van der Waals surface area contributed by atoms with Crippen LogP contribution in [0.15, 0.2) is 41.0 Å². The van der Waals surface area contributed by atoms with Crippen LogP contribution in [0.4, 0.5) is 5.69 Å². The van der Waals surface area contributed by atoms with Gasteiger partial charge in [-0.1, -0.05) is 11.6 Å². The monoisotopic (exact) mass is 384 g/mol. The molecule has 0 unspecified atom stereocenters. The van der Waals surface area contributed by atoms with Crippen molar-refractivity contribution in [3.8, 4) is 0 Å². The normalized spacial score (nSPS) is 10.9. The zero-order chi connectivity index (χ0) is 19.7. The van der Waals surface area contributed by atoms with Crippen LogP contribution in [0, 0.1) is 13.8 Å². The zero-order valence-corrected chi connectivity index (χ0v) is 16.5. The summed E-state index contributed by atoms with van der Waals surface area (Å²) < 4.78 is 5.58. The smallest absolute Gasteiger partial charge is 0.254 e. The van der Waals surface area contributed by atoms with Crippen LogP contribution >= 0.6 is 11.6 Å². The first kappa shape index (κ1) is 19.0. The van der Waals surface area contributed by atoms with Crippen molar-refractivity contribution in [2.24, 2.45) is 0 Å². The minimum Gasteiger partial charge on any atom is -0.464 e. The van der Waals surface area contributed by atoms with E-state index in [4.69, 9.17) is 16.0 Å². The lowest BCUT2D eigenvalue weighted by molar-refractivity contribution is -0.115. The lowest BCUT2D eigenvalue weighted by Gasteiger charge is -2.13. The van der Waals surface area contributed by atoms with Gasteiger partial charge in [0, 0.05) is 30.7 Å². The third kappa shape index (κ3) is 3.98. The fraction of sp³-hybridized carbons (Fsp3) is 0.238. The van der Waals surface area contributed by atoms with Crippen LogP contribution in [0.25, 0.3) is 11.0 Å². The summed E-state index contributed by atoms with van der Waals surface area (Å²) >= 11 is 6.11. The van der Waals surface area contributed by atoms with Gasteiger partial charge in [0.05, 0.1) is 23.3 Å². The minimum atomic E-state index is -0.220. The lowest BCUT2D eigenvalue weighted by Crippen LogP contribution is -2.22. The number of nitrogens with zero attached hydrogens (tertiary/aromatic N) is 1. The Morgan fingerprint density at radius 1 is 1.11 bits per heavy atom. The highest BCUT2D eigenvalue weighted by Gasteiger charge is 2.15. The molecule has 0 atom stereocenters. The van der Waals surface area contributed by atoms with Crippen LogP contribution in [-0.4, -0.2) is 30.8 Å². The summed E-state index contributed by atoms with van der Waals surface area (Å²) in [6.07, 6.45) is 1.79. The first-order chi connectivity index (χ1) is 12.8. The predicted molar refractivity (Wildman–Crippen MR) is 107 cm³/mol. The van der Waals surface area contributed by atoms with E-state index in [1.54, 1.807) is 38.6 Å². The van der Waals surface area contributed by atoms with Crippen molar-refractivity contribution in [1.82, 2.24) is 4.90 Å². The van der Waals surface area contributed by atoms with Gasteiger partial charge < -0.3 is 14.6 Å². The molecule has 2 amide bonds. The number of carbonyl (C=O) groups excluding carboxylic acids is 2. The van der Waals surface area contributed by atoms with Crippen LogP contribution in [0.3, 0.4) is 0 Å². The zero-order valence-electron chi connectivity index (χ0n) is 15.7.